The molecule has 2 atom stereocenters. The Morgan fingerprint density at radius 1 is 1.39 bits per heavy atom. The van der Waals surface area contributed by atoms with Crippen LogP contribution < -0.4 is 0 Å². The summed E-state index contributed by atoms with van der Waals surface area (Å²) in [4.78, 5) is 0. The second-order valence-electron chi connectivity index (χ2n) is 5.44. The normalized spacial score (nSPS) is 28.2. The van der Waals surface area contributed by atoms with Crippen molar-refractivity contribution in [2.75, 3.05) is 19.8 Å². The number of ether oxygens (including phenoxy) is 2. The number of hydrogen-bond acceptors (Lipinski definition) is 3. The third-order valence-corrected chi connectivity index (χ3v) is 3.53. The van der Waals surface area contributed by atoms with Gasteiger partial charge in [-0.25, -0.2) is 0 Å². The number of benzene rings is 1. The predicted molar refractivity (Wildman–Crippen MR) is 70.3 cm³/mol. The van der Waals surface area contributed by atoms with Gasteiger partial charge >= 0.3 is 0 Å². The van der Waals surface area contributed by atoms with E-state index in [0.717, 1.165) is 12.8 Å². The van der Waals surface area contributed by atoms with Gasteiger partial charge in [0.25, 0.3) is 0 Å². The van der Waals surface area contributed by atoms with Gasteiger partial charge in [-0.15, -0.1) is 0 Å². The molecule has 1 saturated heterocycles. The molecule has 1 heterocycles. The molecule has 2 rings (SSSR count). The highest BCUT2D eigenvalue weighted by Crippen LogP contribution is 2.30. The molecule has 18 heavy (non-hydrogen) atoms. The van der Waals surface area contributed by atoms with Crippen molar-refractivity contribution in [1.29, 1.82) is 0 Å². The van der Waals surface area contributed by atoms with Crippen molar-refractivity contribution in [3.05, 3.63) is 35.9 Å². The average molecular weight is 250 g/mol. The van der Waals surface area contributed by atoms with Gasteiger partial charge in [0.1, 0.15) is 0 Å². The molecule has 0 amide bonds. The Morgan fingerprint density at radius 2 is 2.17 bits per heavy atom. The van der Waals surface area contributed by atoms with Crippen molar-refractivity contribution in [1.82, 2.24) is 0 Å². The van der Waals surface area contributed by atoms with Crippen LogP contribution in [0.1, 0.15) is 25.3 Å². The predicted octanol–water partition coefficient (Wildman–Crippen LogP) is 2.38. The highest BCUT2D eigenvalue weighted by molar-refractivity contribution is 5.13. The van der Waals surface area contributed by atoms with Crippen molar-refractivity contribution < 1.29 is 14.6 Å². The lowest BCUT2D eigenvalue weighted by Crippen LogP contribution is -2.38. The molecule has 1 aromatic rings. The van der Waals surface area contributed by atoms with Crippen LogP contribution in [-0.2, 0) is 16.1 Å². The van der Waals surface area contributed by atoms with Gasteiger partial charge in [-0.1, -0.05) is 37.3 Å². The first-order chi connectivity index (χ1) is 8.72. The van der Waals surface area contributed by atoms with Crippen LogP contribution in [0, 0.1) is 5.41 Å². The quantitative estimate of drug-likeness (QED) is 0.872. The van der Waals surface area contributed by atoms with E-state index in [1.54, 1.807) is 0 Å². The summed E-state index contributed by atoms with van der Waals surface area (Å²) in [6.45, 7) is 4.16. The van der Waals surface area contributed by atoms with Crippen LogP contribution in [0.25, 0.3) is 0 Å². The Labute approximate surface area is 109 Å². The Kier molecular flexibility index (Phi) is 4.75. The smallest absolute Gasteiger partial charge is 0.0809 e. The summed E-state index contributed by atoms with van der Waals surface area (Å²) < 4.78 is 11.4. The third-order valence-electron chi connectivity index (χ3n) is 3.53. The van der Waals surface area contributed by atoms with Gasteiger partial charge in [0, 0.05) is 5.41 Å². The maximum atomic E-state index is 9.25. The van der Waals surface area contributed by atoms with E-state index in [1.807, 2.05) is 18.2 Å². The van der Waals surface area contributed by atoms with Crippen LogP contribution in [-0.4, -0.2) is 31.0 Å². The fourth-order valence-corrected chi connectivity index (χ4v) is 2.12. The monoisotopic (exact) mass is 250 g/mol. The molecule has 3 nitrogen and oxygen atoms in total. The van der Waals surface area contributed by atoms with E-state index < -0.39 is 0 Å². The van der Waals surface area contributed by atoms with E-state index in [4.69, 9.17) is 9.47 Å². The van der Waals surface area contributed by atoms with Gasteiger partial charge in [0.15, 0.2) is 0 Å². The molecule has 1 aromatic carbocycles. The van der Waals surface area contributed by atoms with Crippen molar-refractivity contribution in [2.24, 2.45) is 5.41 Å². The molecule has 0 aromatic heterocycles. The van der Waals surface area contributed by atoms with Crippen molar-refractivity contribution >= 4 is 0 Å². The van der Waals surface area contributed by atoms with Crippen molar-refractivity contribution in [3.63, 3.8) is 0 Å². The summed E-state index contributed by atoms with van der Waals surface area (Å²) in [6, 6.07) is 10.2. The highest BCUT2D eigenvalue weighted by atomic mass is 16.5. The first kappa shape index (κ1) is 13.5. The molecule has 1 fully saturated rings. The molecule has 0 saturated carbocycles. The summed E-state index contributed by atoms with van der Waals surface area (Å²) in [5, 5.41) is 9.25. The van der Waals surface area contributed by atoms with E-state index in [9.17, 15) is 5.11 Å². The number of aliphatic hydroxyl groups excluding tert-OH is 1. The minimum atomic E-state index is -0.0596. The lowest BCUT2D eigenvalue weighted by molar-refractivity contribution is -0.103. The molecule has 1 unspecified atom stereocenters. The molecule has 0 bridgehead atoms. The Bertz CT molecular complexity index is 342. The maximum absolute atomic E-state index is 9.25. The van der Waals surface area contributed by atoms with E-state index >= 15 is 0 Å². The SMILES string of the molecule is C[C@]1(CO)CCC(COCc2ccccc2)OC1. The largest absolute Gasteiger partial charge is 0.396 e. The number of rotatable bonds is 5. The van der Waals surface area contributed by atoms with Crippen LogP contribution in [0.3, 0.4) is 0 Å². The van der Waals surface area contributed by atoms with E-state index in [1.165, 1.54) is 5.56 Å². The molecule has 3 heteroatoms. The molecule has 1 aliphatic heterocycles. The molecular formula is C15H22O3. The summed E-state index contributed by atoms with van der Waals surface area (Å²) in [5.74, 6) is 0. The minimum Gasteiger partial charge on any atom is -0.396 e. The fourth-order valence-electron chi connectivity index (χ4n) is 2.12. The Hall–Kier alpha value is -0.900. The molecular weight excluding hydrogens is 228 g/mol. The topological polar surface area (TPSA) is 38.7 Å². The van der Waals surface area contributed by atoms with Gasteiger partial charge in [-0.3, -0.25) is 0 Å². The lowest BCUT2D eigenvalue weighted by atomic mass is 9.84. The van der Waals surface area contributed by atoms with Crippen LogP contribution in [0.4, 0.5) is 0 Å². The molecule has 0 aliphatic carbocycles. The minimum absolute atomic E-state index is 0.0596. The molecule has 1 aliphatic rings. The second kappa shape index (κ2) is 6.32. The zero-order chi connectivity index (χ0) is 12.8. The summed E-state index contributed by atoms with van der Waals surface area (Å²) in [6.07, 6.45) is 2.14. The molecule has 1 N–H and O–H groups in total. The third kappa shape index (κ3) is 3.80. The van der Waals surface area contributed by atoms with Crippen LogP contribution in [0.5, 0.6) is 0 Å². The van der Waals surface area contributed by atoms with Crippen LogP contribution in [0.2, 0.25) is 0 Å². The Balaban J connectivity index is 1.67. The average Bonchev–Trinajstić information content (AvgIpc) is 2.42. The summed E-state index contributed by atoms with van der Waals surface area (Å²) in [5.41, 5.74) is 1.13. The standard InChI is InChI=1S/C15H22O3/c1-15(11-16)8-7-14(18-12-15)10-17-9-13-5-3-2-4-6-13/h2-6,14,16H,7-12H2,1H3/t14?,15-/m1/s1. The maximum Gasteiger partial charge on any atom is 0.0809 e. The van der Waals surface area contributed by atoms with Gasteiger partial charge in [-0.2, -0.15) is 0 Å². The zero-order valence-corrected chi connectivity index (χ0v) is 11.0. The van der Waals surface area contributed by atoms with E-state index in [0.29, 0.717) is 19.8 Å². The number of hydrogen-bond donors (Lipinski definition) is 1. The van der Waals surface area contributed by atoms with Gasteiger partial charge in [0.05, 0.1) is 32.5 Å². The highest BCUT2D eigenvalue weighted by Gasteiger charge is 2.31. The van der Waals surface area contributed by atoms with Crippen LogP contribution >= 0.6 is 0 Å². The van der Waals surface area contributed by atoms with Crippen molar-refractivity contribution in [2.45, 2.75) is 32.5 Å². The summed E-state index contributed by atoms with van der Waals surface area (Å²) >= 11 is 0. The molecule has 0 spiro atoms. The van der Waals surface area contributed by atoms with Crippen molar-refractivity contribution in [3.8, 4) is 0 Å². The molecule has 0 radical (unpaired) electrons. The van der Waals surface area contributed by atoms with E-state index in [2.05, 4.69) is 19.1 Å². The first-order valence-corrected chi connectivity index (χ1v) is 6.56. The first-order valence-electron chi connectivity index (χ1n) is 6.56. The van der Waals surface area contributed by atoms with Crippen LogP contribution in [0.15, 0.2) is 30.3 Å². The van der Waals surface area contributed by atoms with Gasteiger partial charge in [0.2, 0.25) is 0 Å². The second-order valence-corrected chi connectivity index (χ2v) is 5.44. The van der Waals surface area contributed by atoms with Gasteiger partial charge in [-0.05, 0) is 18.4 Å². The molecule has 100 valence electrons. The van der Waals surface area contributed by atoms with Gasteiger partial charge < -0.3 is 14.6 Å². The fraction of sp³-hybridized carbons (Fsp3) is 0.600. The zero-order valence-electron chi connectivity index (χ0n) is 11.0. The lowest BCUT2D eigenvalue weighted by Gasteiger charge is -2.35. The Morgan fingerprint density at radius 3 is 2.78 bits per heavy atom. The number of aliphatic hydroxyl groups is 1. The summed E-state index contributed by atoms with van der Waals surface area (Å²) in [7, 11) is 0. The van der Waals surface area contributed by atoms with E-state index in [-0.39, 0.29) is 18.1 Å².